The van der Waals surface area contributed by atoms with Crippen LogP contribution in [0.1, 0.15) is 24.8 Å². The molecule has 3 heteroatoms. The first kappa shape index (κ1) is 10.7. The van der Waals surface area contributed by atoms with Crippen molar-refractivity contribution in [3.05, 3.63) is 30.9 Å². The SMILES string of the molecule is Nc1ccc(C2=CCCC2)c(I)c1I. The lowest BCUT2D eigenvalue weighted by atomic mass is 10.1. The van der Waals surface area contributed by atoms with Crippen LogP contribution in [0.15, 0.2) is 18.2 Å². The summed E-state index contributed by atoms with van der Waals surface area (Å²) in [5.41, 5.74) is 9.61. The summed E-state index contributed by atoms with van der Waals surface area (Å²) < 4.78 is 2.49. The Morgan fingerprint density at radius 1 is 1.14 bits per heavy atom. The van der Waals surface area contributed by atoms with Crippen LogP contribution in [0.3, 0.4) is 0 Å². The van der Waals surface area contributed by atoms with Crippen molar-refractivity contribution in [1.29, 1.82) is 0 Å². The molecule has 0 fully saturated rings. The van der Waals surface area contributed by atoms with Gasteiger partial charge in [0.05, 0.1) is 0 Å². The Balaban J connectivity index is 2.49. The van der Waals surface area contributed by atoms with Crippen molar-refractivity contribution in [2.75, 3.05) is 5.73 Å². The molecule has 0 saturated carbocycles. The van der Waals surface area contributed by atoms with Gasteiger partial charge in [0.2, 0.25) is 0 Å². The normalized spacial score (nSPS) is 15.7. The zero-order chi connectivity index (χ0) is 10.1. The second-order valence-electron chi connectivity index (χ2n) is 3.45. The number of rotatable bonds is 1. The molecular formula is C11H11I2N. The molecule has 0 heterocycles. The fourth-order valence-electron chi connectivity index (χ4n) is 1.73. The molecule has 1 aromatic carbocycles. The van der Waals surface area contributed by atoms with Crippen LogP contribution in [0.25, 0.3) is 5.57 Å². The average Bonchev–Trinajstić information content (AvgIpc) is 2.67. The lowest BCUT2D eigenvalue weighted by Crippen LogP contribution is -1.96. The molecule has 1 aromatic rings. The minimum absolute atomic E-state index is 0.886. The third-order valence-electron chi connectivity index (χ3n) is 2.50. The topological polar surface area (TPSA) is 26.0 Å². The summed E-state index contributed by atoms with van der Waals surface area (Å²) in [4.78, 5) is 0. The summed E-state index contributed by atoms with van der Waals surface area (Å²) in [5.74, 6) is 0. The molecule has 0 aliphatic heterocycles. The summed E-state index contributed by atoms with van der Waals surface area (Å²) in [7, 11) is 0. The van der Waals surface area contributed by atoms with E-state index in [9.17, 15) is 0 Å². The number of benzene rings is 1. The van der Waals surface area contributed by atoms with Crippen LogP contribution >= 0.6 is 45.2 Å². The first-order valence-electron chi connectivity index (χ1n) is 4.63. The number of hydrogen-bond acceptors (Lipinski definition) is 1. The molecule has 0 radical (unpaired) electrons. The van der Waals surface area contributed by atoms with Crippen LogP contribution < -0.4 is 5.73 Å². The third-order valence-corrected chi connectivity index (χ3v) is 5.81. The van der Waals surface area contributed by atoms with E-state index >= 15 is 0 Å². The highest BCUT2D eigenvalue weighted by Gasteiger charge is 2.13. The molecule has 1 aliphatic rings. The molecule has 74 valence electrons. The summed E-state index contributed by atoms with van der Waals surface area (Å²) in [6.45, 7) is 0. The van der Waals surface area contributed by atoms with Crippen molar-refractivity contribution >= 4 is 56.4 Å². The van der Waals surface area contributed by atoms with Crippen LogP contribution in [-0.2, 0) is 0 Å². The summed E-state index contributed by atoms with van der Waals surface area (Å²) in [6, 6.07) is 4.16. The van der Waals surface area contributed by atoms with Gasteiger partial charge in [0, 0.05) is 12.8 Å². The maximum Gasteiger partial charge on any atom is 0.0499 e. The first-order chi connectivity index (χ1) is 6.70. The number of nitrogens with two attached hydrogens (primary N) is 1. The molecule has 0 atom stereocenters. The molecule has 0 spiro atoms. The summed E-state index contributed by atoms with van der Waals surface area (Å²) >= 11 is 4.71. The highest BCUT2D eigenvalue weighted by atomic mass is 127. The predicted molar refractivity (Wildman–Crippen MR) is 78.1 cm³/mol. The molecule has 0 unspecified atom stereocenters. The van der Waals surface area contributed by atoms with Gasteiger partial charge in [-0.1, -0.05) is 12.1 Å². The van der Waals surface area contributed by atoms with Crippen molar-refractivity contribution in [3.8, 4) is 0 Å². The Bertz CT molecular complexity index is 397. The Kier molecular flexibility index (Phi) is 3.36. The van der Waals surface area contributed by atoms with E-state index in [4.69, 9.17) is 5.73 Å². The lowest BCUT2D eigenvalue weighted by molar-refractivity contribution is 0.935. The Morgan fingerprint density at radius 3 is 2.57 bits per heavy atom. The molecule has 2 N–H and O–H groups in total. The van der Waals surface area contributed by atoms with Gasteiger partial charge in [-0.05, 0) is 81.6 Å². The van der Waals surface area contributed by atoms with E-state index in [-0.39, 0.29) is 0 Å². The van der Waals surface area contributed by atoms with Crippen LogP contribution in [0.2, 0.25) is 0 Å². The number of hydrogen-bond donors (Lipinski definition) is 1. The van der Waals surface area contributed by atoms with Gasteiger partial charge in [-0.2, -0.15) is 0 Å². The van der Waals surface area contributed by atoms with Crippen molar-refractivity contribution in [2.24, 2.45) is 0 Å². The number of halogens is 2. The molecule has 1 nitrogen and oxygen atoms in total. The van der Waals surface area contributed by atoms with E-state index in [1.165, 1.54) is 37.5 Å². The first-order valence-corrected chi connectivity index (χ1v) is 6.79. The van der Waals surface area contributed by atoms with Crippen molar-refractivity contribution in [3.63, 3.8) is 0 Å². The summed E-state index contributed by atoms with van der Waals surface area (Å²) in [6.07, 6.45) is 6.10. The maximum atomic E-state index is 5.86. The van der Waals surface area contributed by atoms with Crippen molar-refractivity contribution in [2.45, 2.75) is 19.3 Å². The molecule has 0 amide bonds. The Hall–Kier alpha value is 0.220. The lowest BCUT2D eigenvalue weighted by Gasteiger charge is -2.09. The zero-order valence-electron chi connectivity index (χ0n) is 7.69. The maximum absolute atomic E-state index is 5.86. The highest BCUT2D eigenvalue weighted by molar-refractivity contribution is 14.1. The number of anilines is 1. The van der Waals surface area contributed by atoms with Crippen LogP contribution in [0.5, 0.6) is 0 Å². The second kappa shape index (κ2) is 4.38. The van der Waals surface area contributed by atoms with Crippen LogP contribution in [-0.4, -0.2) is 0 Å². The third kappa shape index (κ3) is 1.93. The predicted octanol–water partition coefficient (Wildman–Crippen LogP) is 4.05. The average molecular weight is 411 g/mol. The molecular weight excluding hydrogens is 400 g/mol. The van der Waals surface area contributed by atoms with Gasteiger partial charge >= 0.3 is 0 Å². The van der Waals surface area contributed by atoms with Gasteiger partial charge in [0.15, 0.2) is 0 Å². The minimum Gasteiger partial charge on any atom is -0.398 e. The van der Waals surface area contributed by atoms with E-state index in [1.807, 2.05) is 6.07 Å². The van der Waals surface area contributed by atoms with E-state index in [0.717, 1.165) is 5.69 Å². The highest BCUT2D eigenvalue weighted by Crippen LogP contribution is 2.34. The fourth-order valence-corrected chi connectivity index (χ4v) is 3.04. The van der Waals surface area contributed by atoms with Gasteiger partial charge in [0.25, 0.3) is 0 Å². The number of allylic oxidation sites excluding steroid dienone is 2. The Labute approximate surface area is 111 Å². The van der Waals surface area contributed by atoms with Crippen molar-refractivity contribution < 1.29 is 0 Å². The van der Waals surface area contributed by atoms with Crippen molar-refractivity contribution in [1.82, 2.24) is 0 Å². The van der Waals surface area contributed by atoms with Gasteiger partial charge in [-0.15, -0.1) is 0 Å². The van der Waals surface area contributed by atoms with Gasteiger partial charge in [-0.25, -0.2) is 0 Å². The molecule has 0 saturated heterocycles. The van der Waals surface area contributed by atoms with E-state index < -0.39 is 0 Å². The van der Waals surface area contributed by atoms with Gasteiger partial charge in [-0.3, -0.25) is 0 Å². The Morgan fingerprint density at radius 2 is 1.93 bits per heavy atom. The molecule has 1 aliphatic carbocycles. The van der Waals surface area contributed by atoms with E-state index in [2.05, 4.69) is 57.3 Å². The smallest absolute Gasteiger partial charge is 0.0499 e. The molecule has 14 heavy (non-hydrogen) atoms. The standard InChI is InChI=1S/C11H11I2N/c12-10-8(7-3-1-2-4-7)5-6-9(14)11(10)13/h3,5-6H,1-2,4,14H2. The number of nitrogen functional groups attached to an aromatic ring is 1. The largest absolute Gasteiger partial charge is 0.398 e. The second-order valence-corrected chi connectivity index (χ2v) is 5.61. The summed E-state index contributed by atoms with van der Waals surface area (Å²) in [5, 5.41) is 0. The molecule has 2 rings (SSSR count). The van der Waals surface area contributed by atoms with Crippen LogP contribution in [0.4, 0.5) is 5.69 Å². The minimum atomic E-state index is 0.886. The van der Waals surface area contributed by atoms with Crippen LogP contribution in [0, 0.1) is 7.14 Å². The van der Waals surface area contributed by atoms with Gasteiger partial charge < -0.3 is 5.73 Å². The van der Waals surface area contributed by atoms with Gasteiger partial charge in [0.1, 0.15) is 0 Å². The van der Waals surface area contributed by atoms with E-state index in [1.54, 1.807) is 0 Å². The molecule has 0 bridgehead atoms. The molecule has 0 aromatic heterocycles. The fraction of sp³-hybridized carbons (Fsp3) is 0.273. The monoisotopic (exact) mass is 411 g/mol. The zero-order valence-corrected chi connectivity index (χ0v) is 12.0. The van der Waals surface area contributed by atoms with E-state index in [0.29, 0.717) is 0 Å². The quantitative estimate of drug-likeness (QED) is 0.548.